The van der Waals surface area contributed by atoms with Gasteiger partial charge in [-0.2, -0.15) is 0 Å². The van der Waals surface area contributed by atoms with Crippen LogP contribution in [0.5, 0.6) is 0 Å². The zero-order valence-corrected chi connectivity index (χ0v) is 8.04. The van der Waals surface area contributed by atoms with Crippen LogP contribution in [0.25, 0.3) is 0 Å². The van der Waals surface area contributed by atoms with Crippen molar-refractivity contribution in [2.24, 2.45) is 0 Å². The fourth-order valence-corrected chi connectivity index (χ4v) is 1.10. The van der Waals surface area contributed by atoms with Crippen LogP contribution in [0.3, 0.4) is 0 Å². The molecule has 1 radical (unpaired) electrons. The van der Waals surface area contributed by atoms with Gasteiger partial charge in [0, 0.05) is 17.0 Å². The first kappa shape index (κ1) is 8.64. The van der Waals surface area contributed by atoms with Crippen LogP contribution in [0.1, 0.15) is 5.56 Å². The Hall–Kier alpha value is -0.450. The fraction of sp³-hybridized carbons (Fsp3) is 0. The van der Waals surface area contributed by atoms with Crippen molar-refractivity contribution in [3.05, 3.63) is 40.2 Å². The smallest absolute Gasteiger partial charge is 0.0560 e. The van der Waals surface area contributed by atoms with Crippen molar-refractivity contribution in [3.63, 3.8) is 0 Å². The third kappa shape index (κ3) is 2.25. The van der Waals surface area contributed by atoms with E-state index in [2.05, 4.69) is 34.7 Å². The fourth-order valence-electron chi connectivity index (χ4n) is 0.676. The molecule has 0 unspecified atom stereocenters. The summed E-state index contributed by atoms with van der Waals surface area (Å²) < 4.78 is 0.883. The molecule has 0 fully saturated rings. The second kappa shape index (κ2) is 3.80. The molecule has 0 saturated carbocycles. The summed E-state index contributed by atoms with van der Waals surface area (Å²) in [5, 5.41) is 0.672. The highest BCUT2D eigenvalue weighted by molar-refractivity contribution is 9.10. The Labute approximate surface area is 79.7 Å². The third-order valence-corrected chi connectivity index (χ3v) is 2.38. The molecule has 1 aromatic carbocycles. The molecule has 2 heteroatoms. The van der Waals surface area contributed by atoms with Crippen LogP contribution in [0.4, 0.5) is 0 Å². The van der Waals surface area contributed by atoms with Crippen molar-refractivity contribution < 1.29 is 0 Å². The van der Waals surface area contributed by atoms with Gasteiger partial charge in [0.15, 0.2) is 0 Å². The van der Waals surface area contributed by atoms with Crippen LogP contribution in [-0.2, 0) is 0 Å². The Morgan fingerprint density at radius 1 is 1.45 bits per heavy atom. The monoisotopic (exact) mass is 227 g/mol. The molecule has 0 heterocycles. The first-order valence-electron chi connectivity index (χ1n) is 2.97. The van der Waals surface area contributed by atoms with Gasteiger partial charge in [-0.1, -0.05) is 23.4 Å². The molecular weight excluding hydrogens is 223 g/mol. The normalized spacial score (nSPS) is 8.64. The number of halogens is 2. The van der Waals surface area contributed by atoms with Gasteiger partial charge in [0.1, 0.15) is 0 Å². The molecule has 0 nitrogen and oxygen atoms in total. The van der Waals surface area contributed by atoms with Crippen molar-refractivity contribution in [1.82, 2.24) is 0 Å². The molecule has 1 rings (SSSR count). The molecule has 0 amide bonds. The minimum atomic E-state index is 0.672. The van der Waals surface area contributed by atoms with E-state index in [1.54, 1.807) is 6.07 Å². The quantitative estimate of drug-likeness (QED) is 0.598. The molecular formula is C9H5BrCl. The molecule has 0 saturated heterocycles. The molecule has 1 aromatic rings. The molecule has 0 N–H and O–H groups in total. The second-order valence-electron chi connectivity index (χ2n) is 1.93. The van der Waals surface area contributed by atoms with E-state index in [4.69, 9.17) is 11.6 Å². The highest BCUT2D eigenvalue weighted by Crippen LogP contribution is 2.22. The summed E-state index contributed by atoms with van der Waals surface area (Å²) in [7, 11) is 0. The molecule has 11 heavy (non-hydrogen) atoms. The maximum atomic E-state index is 5.81. The molecule has 0 aliphatic rings. The van der Waals surface area contributed by atoms with E-state index in [0.29, 0.717) is 5.02 Å². The van der Waals surface area contributed by atoms with Gasteiger partial charge in [0.05, 0.1) is 5.02 Å². The lowest BCUT2D eigenvalue weighted by Crippen LogP contribution is -1.74. The summed E-state index contributed by atoms with van der Waals surface area (Å²) in [5.74, 6) is 5.37. The van der Waals surface area contributed by atoms with Crippen molar-refractivity contribution in [1.29, 1.82) is 0 Å². The lowest BCUT2D eigenvalue weighted by Gasteiger charge is -1.94. The molecule has 0 atom stereocenters. The van der Waals surface area contributed by atoms with Crippen LogP contribution in [-0.4, -0.2) is 0 Å². The zero-order valence-electron chi connectivity index (χ0n) is 5.70. The minimum Gasteiger partial charge on any atom is -0.0969 e. The van der Waals surface area contributed by atoms with Crippen molar-refractivity contribution in [3.8, 4) is 11.8 Å². The maximum absolute atomic E-state index is 5.81. The van der Waals surface area contributed by atoms with Crippen molar-refractivity contribution >= 4 is 27.5 Å². The van der Waals surface area contributed by atoms with E-state index in [9.17, 15) is 0 Å². The number of hydrogen-bond donors (Lipinski definition) is 0. The van der Waals surface area contributed by atoms with E-state index < -0.39 is 0 Å². The molecule has 0 aliphatic carbocycles. The highest BCUT2D eigenvalue weighted by Gasteiger charge is 1.95. The van der Waals surface area contributed by atoms with Crippen LogP contribution < -0.4 is 0 Å². The lowest BCUT2D eigenvalue weighted by molar-refractivity contribution is 1.60. The van der Waals surface area contributed by atoms with E-state index >= 15 is 0 Å². The van der Waals surface area contributed by atoms with Crippen molar-refractivity contribution in [2.75, 3.05) is 0 Å². The summed E-state index contributed by atoms with van der Waals surface area (Å²) in [5.41, 5.74) is 0.883. The van der Waals surface area contributed by atoms with Crippen LogP contribution >= 0.6 is 27.5 Å². The summed E-state index contributed by atoms with van der Waals surface area (Å²) in [6, 6.07) is 5.54. The SMILES string of the molecule is [CH2]C#Cc1ccc(Br)c(Cl)c1. The summed E-state index contributed by atoms with van der Waals surface area (Å²) in [6.45, 7) is 3.42. The van der Waals surface area contributed by atoms with Gasteiger partial charge >= 0.3 is 0 Å². The van der Waals surface area contributed by atoms with Gasteiger partial charge in [-0.25, -0.2) is 0 Å². The Morgan fingerprint density at radius 3 is 2.73 bits per heavy atom. The number of hydrogen-bond acceptors (Lipinski definition) is 0. The van der Waals surface area contributed by atoms with Gasteiger partial charge in [0.25, 0.3) is 0 Å². The number of benzene rings is 1. The first-order valence-corrected chi connectivity index (χ1v) is 4.14. The molecule has 0 bridgehead atoms. The summed E-state index contributed by atoms with van der Waals surface area (Å²) >= 11 is 9.10. The molecule has 0 aromatic heterocycles. The predicted octanol–water partition coefficient (Wildman–Crippen LogP) is 3.29. The van der Waals surface area contributed by atoms with Crippen molar-refractivity contribution in [2.45, 2.75) is 0 Å². The second-order valence-corrected chi connectivity index (χ2v) is 3.19. The molecule has 0 aliphatic heterocycles. The zero-order chi connectivity index (χ0) is 8.27. The van der Waals surface area contributed by atoms with Gasteiger partial charge in [-0.3, -0.25) is 0 Å². The van der Waals surface area contributed by atoms with E-state index in [1.807, 2.05) is 12.1 Å². The van der Waals surface area contributed by atoms with E-state index in [-0.39, 0.29) is 0 Å². The first-order chi connectivity index (χ1) is 5.24. The Kier molecular flexibility index (Phi) is 2.99. The topological polar surface area (TPSA) is 0 Å². The average Bonchev–Trinajstić information content (AvgIpc) is 1.98. The van der Waals surface area contributed by atoms with Crippen LogP contribution in [0, 0.1) is 18.8 Å². The maximum Gasteiger partial charge on any atom is 0.0560 e. The third-order valence-electron chi connectivity index (χ3n) is 1.15. The standard InChI is InChI=1S/C9H5BrCl/c1-2-3-7-4-5-8(10)9(11)6-7/h4-6H,1H2. The summed E-state index contributed by atoms with van der Waals surface area (Å²) in [4.78, 5) is 0. The Bertz CT molecular complexity index is 320. The Morgan fingerprint density at radius 2 is 2.18 bits per heavy atom. The number of rotatable bonds is 0. The van der Waals surface area contributed by atoms with Crippen LogP contribution in [0.15, 0.2) is 22.7 Å². The van der Waals surface area contributed by atoms with Gasteiger partial charge in [-0.05, 0) is 34.1 Å². The van der Waals surface area contributed by atoms with Gasteiger partial charge < -0.3 is 0 Å². The highest BCUT2D eigenvalue weighted by atomic mass is 79.9. The van der Waals surface area contributed by atoms with E-state index in [1.165, 1.54) is 0 Å². The Balaban J connectivity index is 3.12. The molecule has 55 valence electrons. The average molecular weight is 228 g/mol. The molecule has 0 spiro atoms. The van der Waals surface area contributed by atoms with Gasteiger partial charge in [-0.15, -0.1) is 0 Å². The lowest BCUT2D eigenvalue weighted by atomic mass is 10.2. The van der Waals surface area contributed by atoms with Gasteiger partial charge in [0.2, 0.25) is 0 Å². The largest absolute Gasteiger partial charge is 0.0969 e. The predicted molar refractivity (Wildman–Crippen MR) is 51.4 cm³/mol. The summed E-state index contributed by atoms with van der Waals surface area (Å²) in [6.07, 6.45) is 0. The van der Waals surface area contributed by atoms with Crippen LogP contribution in [0.2, 0.25) is 5.02 Å². The minimum absolute atomic E-state index is 0.672. The van der Waals surface area contributed by atoms with E-state index in [0.717, 1.165) is 10.0 Å².